The summed E-state index contributed by atoms with van der Waals surface area (Å²) in [6, 6.07) is 10.8. The lowest BCUT2D eigenvalue weighted by Crippen LogP contribution is -2.48. The van der Waals surface area contributed by atoms with Gasteiger partial charge in [-0.2, -0.15) is 0 Å². The summed E-state index contributed by atoms with van der Waals surface area (Å²) in [7, 11) is 0. The molecule has 1 aliphatic rings. The van der Waals surface area contributed by atoms with Crippen molar-refractivity contribution in [2.75, 3.05) is 38.0 Å². The van der Waals surface area contributed by atoms with E-state index in [2.05, 4.69) is 10.2 Å². The first-order valence-electron chi connectivity index (χ1n) is 8.43. The first-order valence-corrected chi connectivity index (χ1v) is 8.81. The Hall–Kier alpha value is -2.02. The molecular weight excluding hydrogens is 360 g/mol. The molecule has 0 unspecified atom stereocenters. The highest BCUT2D eigenvalue weighted by Gasteiger charge is 2.19. The van der Waals surface area contributed by atoms with Crippen molar-refractivity contribution in [1.82, 2.24) is 9.80 Å². The average Bonchev–Trinajstić information content (AvgIpc) is 2.60. The number of carbonyl (C=O) groups is 1. The third kappa shape index (κ3) is 5.24. The van der Waals surface area contributed by atoms with Gasteiger partial charge in [0.1, 0.15) is 11.6 Å². The molecule has 0 atom stereocenters. The van der Waals surface area contributed by atoms with Crippen LogP contribution in [0.3, 0.4) is 0 Å². The fourth-order valence-corrected chi connectivity index (χ4v) is 3.20. The molecule has 7 heteroatoms. The smallest absolute Gasteiger partial charge is 0.238 e. The Labute approximate surface area is 156 Å². The lowest BCUT2D eigenvalue weighted by atomic mass is 10.2. The molecule has 2 aromatic carbocycles. The highest BCUT2D eigenvalue weighted by Crippen LogP contribution is 2.16. The molecule has 26 heavy (non-hydrogen) atoms. The minimum atomic E-state index is -0.647. The maximum Gasteiger partial charge on any atom is 0.238 e. The number of hydrogen-bond acceptors (Lipinski definition) is 3. The van der Waals surface area contributed by atoms with Crippen LogP contribution in [0.1, 0.15) is 5.56 Å². The fourth-order valence-electron chi connectivity index (χ4n) is 2.99. The Morgan fingerprint density at radius 1 is 1.04 bits per heavy atom. The second-order valence-corrected chi connectivity index (χ2v) is 6.79. The number of amides is 1. The number of halogens is 3. The van der Waals surface area contributed by atoms with Gasteiger partial charge in [0.05, 0.1) is 12.2 Å². The van der Waals surface area contributed by atoms with Crippen LogP contribution >= 0.6 is 11.6 Å². The van der Waals surface area contributed by atoms with Crippen LogP contribution in [0.4, 0.5) is 14.5 Å². The summed E-state index contributed by atoms with van der Waals surface area (Å²) in [6.07, 6.45) is 0. The first kappa shape index (κ1) is 18.8. The van der Waals surface area contributed by atoms with Gasteiger partial charge in [-0.3, -0.25) is 14.6 Å². The Morgan fingerprint density at radius 3 is 2.50 bits per heavy atom. The molecule has 0 saturated carbocycles. The number of rotatable bonds is 5. The van der Waals surface area contributed by atoms with E-state index in [1.165, 1.54) is 0 Å². The minimum absolute atomic E-state index is 0.130. The number of piperazine rings is 1. The van der Waals surface area contributed by atoms with Gasteiger partial charge < -0.3 is 5.32 Å². The SMILES string of the molecule is O=C(CN1CCN(Cc2cccc(Cl)c2)CC1)Nc1cc(F)ccc1F. The van der Waals surface area contributed by atoms with Gasteiger partial charge in [0.15, 0.2) is 0 Å². The summed E-state index contributed by atoms with van der Waals surface area (Å²) in [5.41, 5.74) is 1.03. The zero-order chi connectivity index (χ0) is 18.5. The molecule has 1 amide bonds. The van der Waals surface area contributed by atoms with Crippen molar-refractivity contribution in [3.8, 4) is 0 Å². The van der Waals surface area contributed by atoms with Crippen LogP contribution in [0.15, 0.2) is 42.5 Å². The quantitative estimate of drug-likeness (QED) is 0.865. The molecule has 0 aromatic heterocycles. The average molecular weight is 380 g/mol. The van der Waals surface area contributed by atoms with E-state index in [9.17, 15) is 13.6 Å². The molecule has 0 bridgehead atoms. The molecule has 2 aromatic rings. The van der Waals surface area contributed by atoms with Crippen molar-refractivity contribution in [2.24, 2.45) is 0 Å². The van der Waals surface area contributed by atoms with Crippen LogP contribution in [-0.2, 0) is 11.3 Å². The van der Waals surface area contributed by atoms with Gasteiger partial charge in [0.2, 0.25) is 5.91 Å². The highest BCUT2D eigenvalue weighted by atomic mass is 35.5. The van der Waals surface area contributed by atoms with Crippen molar-refractivity contribution < 1.29 is 13.6 Å². The lowest BCUT2D eigenvalue weighted by molar-refractivity contribution is -0.117. The summed E-state index contributed by atoms with van der Waals surface area (Å²) >= 11 is 6.01. The Kier molecular flexibility index (Phi) is 6.19. The van der Waals surface area contributed by atoms with E-state index >= 15 is 0 Å². The van der Waals surface area contributed by atoms with Crippen LogP contribution in [0, 0.1) is 11.6 Å². The van der Waals surface area contributed by atoms with E-state index < -0.39 is 11.6 Å². The van der Waals surface area contributed by atoms with E-state index in [1.54, 1.807) is 0 Å². The third-order valence-electron chi connectivity index (χ3n) is 4.33. The van der Waals surface area contributed by atoms with Gasteiger partial charge in [-0.05, 0) is 29.8 Å². The molecule has 3 rings (SSSR count). The van der Waals surface area contributed by atoms with Gasteiger partial charge in [-0.1, -0.05) is 23.7 Å². The summed E-state index contributed by atoms with van der Waals surface area (Å²) in [6.45, 7) is 4.09. The molecule has 0 aliphatic carbocycles. The van der Waals surface area contributed by atoms with Crippen molar-refractivity contribution in [3.05, 3.63) is 64.7 Å². The lowest BCUT2D eigenvalue weighted by Gasteiger charge is -2.34. The molecule has 1 N–H and O–H groups in total. The van der Waals surface area contributed by atoms with Crippen LogP contribution < -0.4 is 5.32 Å². The molecule has 1 aliphatic heterocycles. The monoisotopic (exact) mass is 379 g/mol. The number of hydrogen-bond donors (Lipinski definition) is 1. The molecule has 1 fully saturated rings. The maximum atomic E-state index is 13.6. The van der Waals surface area contributed by atoms with E-state index in [0.717, 1.165) is 61.5 Å². The molecular formula is C19H20ClF2N3O. The van der Waals surface area contributed by atoms with Crippen LogP contribution in [0.25, 0.3) is 0 Å². The zero-order valence-corrected chi connectivity index (χ0v) is 15.0. The Bertz CT molecular complexity index is 779. The zero-order valence-electron chi connectivity index (χ0n) is 14.2. The molecule has 1 heterocycles. The molecule has 0 spiro atoms. The van der Waals surface area contributed by atoms with Gasteiger partial charge in [0, 0.05) is 43.8 Å². The Balaban J connectivity index is 1.46. The maximum absolute atomic E-state index is 13.6. The van der Waals surface area contributed by atoms with Gasteiger partial charge >= 0.3 is 0 Å². The third-order valence-corrected chi connectivity index (χ3v) is 4.56. The number of carbonyl (C=O) groups excluding carboxylic acids is 1. The van der Waals surface area contributed by atoms with E-state index in [4.69, 9.17) is 11.6 Å². The van der Waals surface area contributed by atoms with Crippen LogP contribution in [0.2, 0.25) is 5.02 Å². The van der Waals surface area contributed by atoms with Gasteiger partial charge in [-0.15, -0.1) is 0 Å². The van der Waals surface area contributed by atoms with Gasteiger partial charge in [-0.25, -0.2) is 8.78 Å². The number of nitrogens with zero attached hydrogens (tertiary/aromatic N) is 2. The highest BCUT2D eigenvalue weighted by molar-refractivity contribution is 6.30. The van der Waals surface area contributed by atoms with Crippen molar-refractivity contribution in [2.45, 2.75) is 6.54 Å². The predicted molar refractivity (Wildman–Crippen MR) is 98.2 cm³/mol. The minimum Gasteiger partial charge on any atom is -0.322 e. The van der Waals surface area contributed by atoms with Crippen molar-refractivity contribution in [3.63, 3.8) is 0 Å². The van der Waals surface area contributed by atoms with E-state index in [0.29, 0.717) is 0 Å². The fraction of sp³-hybridized carbons (Fsp3) is 0.316. The summed E-state index contributed by atoms with van der Waals surface area (Å²) in [5, 5.41) is 3.16. The molecule has 138 valence electrons. The second kappa shape index (κ2) is 8.58. The summed E-state index contributed by atoms with van der Waals surface area (Å²) in [4.78, 5) is 16.4. The number of benzene rings is 2. The van der Waals surface area contributed by atoms with Crippen LogP contribution in [0.5, 0.6) is 0 Å². The predicted octanol–water partition coefficient (Wildman–Crippen LogP) is 3.37. The number of anilines is 1. The molecule has 4 nitrogen and oxygen atoms in total. The summed E-state index contributed by atoms with van der Waals surface area (Å²) < 4.78 is 26.7. The van der Waals surface area contributed by atoms with E-state index in [-0.39, 0.29) is 18.1 Å². The summed E-state index contributed by atoms with van der Waals surface area (Å²) in [5.74, 6) is -1.58. The molecule has 1 saturated heterocycles. The van der Waals surface area contributed by atoms with Crippen molar-refractivity contribution >= 4 is 23.2 Å². The largest absolute Gasteiger partial charge is 0.322 e. The van der Waals surface area contributed by atoms with Gasteiger partial charge in [0.25, 0.3) is 0 Å². The molecule has 0 radical (unpaired) electrons. The number of nitrogens with one attached hydrogen (secondary N) is 1. The topological polar surface area (TPSA) is 35.6 Å². The standard InChI is InChI=1S/C19H20ClF2N3O/c20-15-3-1-2-14(10-15)12-24-6-8-25(9-7-24)13-19(26)23-18-11-16(21)4-5-17(18)22/h1-5,10-11H,6-9,12-13H2,(H,23,26). The Morgan fingerprint density at radius 2 is 1.77 bits per heavy atom. The second-order valence-electron chi connectivity index (χ2n) is 6.35. The van der Waals surface area contributed by atoms with Crippen molar-refractivity contribution in [1.29, 1.82) is 0 Å². The van der Waals surface area contributed by atoms with Crippen LogP contribution in [-0.4, -0.2) is 48.4 Å². The van der Waals surface area contributed by atoms with E-state index in [1.807, 2.05) is 29.2 Å². The first-order chi connectivity index (χ1) is 12.5. The normalized spacial score (nSPS) is 15.8.